The summed E-state index contributed by atoms with van der Waals surface area (Å²) in [5.74, 6) is 0. The van der Waals surface area contributed by atoms with Crippen LogP contribution in [-0.2, 0) is 25.7 Å². The minimum Gasteiger partial charge on any atom is -0.289 e. The molecule has 0 spiro atoms. The molecule has 0 atom stereocenters. The Morgan fingerprint density at radius 1 is 0.353 bits per heavy atom. The van der Waals surface area contributed by atoms with Crippen LogP contribution in [0.4, 0.5) is 0 Å². The van der Waals surface area contributed by atoms with Crippen molar-refractivity contribution in [3.05, 3.63) is 76.1 Å². The molecule has 2 aliphatic carbocycles. The van der Waals surface area contributed by atoms with Gasteiger partial charge in [-0.1, -0.05) is 0 Å². The van der Waals surface area contributed by atoms with Crippen LogP contribution >= 0.6 is 0 Å². The number of rotatable bonds is 0. The van der Waals surface area contributed by atoms with E-state index in [1.807, 2.05) is 13.8 Å². The Labute approximate surface area is 199 Å². The Morgan fingerprint density at radius 2 is 0.676 bits per heavy atom. The topological polar surface area (TPSA) is 34.1 Å². The Balaban J connectivity index is 2.01. The van der Waals surface area contributed by atoms with Crippen molar-refractivity contribution >= 4 is 43.1 Å². The van der Waals surface area contributed by atoms with Gasteiger partial charge in [-0.3, -0.25) is 9.59 Å². The van der Waals surface area contributed by atoms with Gasteiger partial charge in [-0.2, -0.15) is 0 Å². The lowest BCUT2D eigenvalue weighted by molar-refractivity contribution is 0.796. The summed E-state index contributed by atoms with van der Waals surface area (Å²) < 4.78 is 0. The Kier molecular flexibility index (Phi) is 3.81. The first-order valence-corrected chi connectivity index (χ1v) is 12.8. The molecule has 0 heterocycles. The molecule has 7 rings (SSSR count). The van der Waals surface area contributed by atoms with Crippen molar-refractivity contribution in [1.82, 2.24) is 0 Å². The SMILES string of the molecule is Cc1c2c3c(c(C)c(=O)c4c5c(=O)c(C)c6c7c(c(C)c(C)c(c(c1C)c34)c75)CCC6)CCC2. The molecule has 0 aromatic heterocycles. The van der Waals surface area contributed by atoms with Crippen molar-refractivity contribution in [3.63, 3.8) is 0 Å². The number of hydrogen-bond acceptors (Lipinski definition) is 2. The molecule has 2 aliphatic rings. The molecule has 2 nitrogen and oxygen atoms in total. The smallest absolute Gasteiger partial charge is 0.190 e. The minimum absolute atomic E-state index is 0.0768. The summed E-state index contributed by atoms with van der Waals surface area (Å²) in [6, 6.07) is 0. The summed E-state index contributed by atoms with van der Waals surface area (Å²) in [5, 5.41) is 8.57. The molecule has 0 saturated carbocycles. The highest BCUT2D eigenvalue weighted by Gasteiger charge is 2.31. The van der Waals surface area contributed by atoms with Crippen LogP contribution in [0, 0.1) is 41.5 Å². The summed E-state index contributed by atoms with van der Waals surface area (Å²) in [6.45, 7) is 13.0. The molecule has 0 bridgehead atoms. The number of fused-ring (bicyclic) bond motifs is 2. The third kappa shape index (κ3) is 2.06. The molecule has 2 heteroatoms. The van der Waals surface area contributed by atoms with E-state index in [1.165, 1.54) is 66.1 Å². The highest BCUT2D eigenvalue weighted by molar-refractivity contribution is 6.36. The van der Waals surface area contributed by atoms with Gasteiger partial charge in [-0.25, -0.2) is 0 Å². The van der Waals surface area contributed by atoms with E-state index in [1.54, 1.807) is 0 Å². The fourth-order valence-corrected chi connectivity index (χ4v) is 7.78. The average Bonchev–Trinajstić information content (AvgIpc) is 2.85. The molecule has 0 N–H and O–H groups in total. The molecule has 0 fully saturated rings. The first kappa shape index (κ1) is 20.4. The van der Waals surface area contributed by atoms with Crippen LogP contribution in [0.15, 0.2) is 9.59 Å². The lowest BCUT2D eigenvalue weighted by Gasteiger charge is -2.29. The van der Waals surface area contributed by atoms with Crippen molar-refractivity contribution in [2.75, 3.05) is 0 Å². The minimum atomic E-state index is 0.0768. The molecule has 0 radical (unpaired) electrons. The van der Waals surface area contributed by atoms with Gasteiger partial charge in [0.15, 0.2) is 10.9 Å². The molecular weight excluding hydrogens is 416 g/mol. The van der Waals surface area contributed by atoms with E-state index in [9.17, 15) is 9.59 Å². The molecule has 34 heavy (non-hydrogen) atoms. The fraction of sp³-hybridized carbons (Fsp3) is 0.375. The summed E-state index contributed by atoms with van der Waals surface area (Å²) in [5.41, 5.74) is 12.4. The maximum absolute atomic E-state index is 14.1. The van der Waals surface area contributed by atoms with E-state index in [-0.39, 0.29) is 10.9 Å². The Bertz CT molecular complexity index is 1750. The van der Waals surface area contributed by atoms with Crippen molar-refractivity contribution in [1.29, 1.82) is 0 Å². The van der Waals surface area contributed by atoms with Gasteiger partial charge in [0, 0.05) is 32.7 Å². The van der Waals surface area contributed by atoms with Gasteiger partial charge < -0.3 is 0 Å². The van der Waals surface area contributed by atoms with E-state index in [0.29, 0.717) is 10.8 Å². The first-order valence-electron chi connectivity index (χ1n) is 12.8. The number of hydrogen-bond donors (Lipinski definition) is 0. The van der Waals surface area contributed by atoms with Crippen LogP contribution < -0.4 is 10.9 Å². The second-order valence-electron chi connectivity index (χ2n) is 11.0. The molecule has 0 amide bonds. The van der Waals surface area contributed by atoms with Gasteiger partial charge in [-0.15, -0.1) is 0 Å². The molecule has 0 unspecified atom stereocenters. The predicted molar refractivity (Wildman–Crippen MR) is 144 cm³/mol. The summed E-state index contributed by atoms with van der Waals surface area (Å²) in [7, 11) is 0. The zero-order chi connectivity index (χ0) is 23.8. The summed E-state index contributed by atoms with van der Waals surface area (Å²) in [4.78, 5) is 28.2. The zero-order valence-corrected chi connectivity index (χ0v) is 21.1. The average molecular weight is 447 g/mol. The Hall–Kier alpha value is -3.00. The molecule has 5 aromatic rings. The molecular formula is C32H30O2. The van der Waals surface area contributed by atoms with E-state index in [4.69, 9.17) is 0 Å². The summed E-state index contributed by atoms with van der Waals surface area (Å²) >= 11 is 0. The van der Waals surface area contributed by atoms with Crippen LogP contribution in [-0.4, -0.2) is 0 Å². The van der Waals surface area contributed by atoms with Crippen molar-refractivity contribution in [3.8, 4) is 0 Å². The maximum Gasteiger partial charge on any atom is 0.190 e. The normalized spacial score (nSPS) is 15.5. The summed E-state index contributed by atoms with van der Waals surface area (Å²) in [6.07, 6.45) is 6.18. The van der Waals surface area contributed by atoms with Crippen molar-refractivity contribution in [2.45, 2.75) is 80.1 Å². The van der Waals surface area contributed by atoms with Crippen molar-refractivity contribution in [2.24, 2.45) is 0 Å². The standard InChI is InChI=1S/C32H30O2/c1-13-15(3)23-24-16(4)14(2)20-10-8-12-22-18(6)32(34)30(28(24)26(20)22)29-27(23)25-19(13)9-7-11-21(25)17(5)31(29)33/h7-12H2,1-6H3. The van der Waals surface area contributed by atoms with Crippen LogP contribution in [0.2, 0.25) is 0 Å². The van der Waals surface area contributed by atoms with Crippen LogP contribution in [0.3, 0.4) is 0 Å². The highest BCUT2D eigenvalue weighted by atomic mass is 16.1. The molecule has 0 aliphatic heterocycles. The first-order chi connectivity index (χ1) is 16.3. The van der Waals surface area contributed by atoms with E-state index in [0.717, 1.165) is 60.4 Å². The quantitative estimate of drug-likeness (QED) is 0.195. The van der Waals surface area contributed by atoms with Crippen LogP contribution in [0.1, 0.15) is 68.5 Å². The van der Waals surface area contributed by atoms with E-state index < -0.39 is 0 Å². The second-order valence-corrected chi connectivity index (χ2v) is 11.0. The monoisotopic (exact) mass is 446 g/mol. The zero-order valence-electron chi connectivity index (χ0n) is 21.1. The van der Waals surface area contributed by atoms with Gasteiger partial charge >= 0.3 is 0 Å². The van der Waals surface area contributed by atoms with Gasteiger partial charge in [0.05, 0.1) is 0 Å². The van der Waals surface area contributed by atoms with E-state index >= 15 is 0 Å². The van der Waals surface area contributed by atoms with Crippen LogP contribution in [0.25, 0.3) is 43.1 Å². The third-order valence-corrected chi connectivity index (χ3v) is 9.74. The third-order valence-electron chi connectivity index (χ3n) is 9.74. The molecule has 0 saturated heterocycles. The highest BCUT2D eigenvalue weighted by Crippen LogP contribution is 2.49. The van der Waals surface area contributed by atoms with Gasteiger partial charge in [0.25, 0.3) is 0 Å². The largest absolute Gasteiger partial charge is 0.289 e. The van der Waals surface area contributed by atoms with E-state index in [2.05, 4.69) is 27.7 Å². The Morgan fingerprint density at radius 3 is 1.03 bits per heavy atom. The lowest BCUT2D eigenvalue weighted by atomic mass is 9.73. The predicted octanol–water partition coefficient (Wildman–Crippen LogP) is 6.72. The van der Waals surface area contributed by atoms with Crippen molar-refractivity contribution < 1.29 is 0 Å². The van der Waals surface area contributed by atoms with Gasteiger partial charge in [0.1, 0.15) is 0 Å². The van der Waals surface area contributed by atoms with Crippen LogP contribution in [0.5, 0.6) is 0 Å². The fourth-order valence-electron chi connectivity index (χ4n) is 7.78. The second kappa shape index (κ2) is 6.36. The maximum atomic E-state index is 14.1. The molecule has 170 valence electrons. The lowest BCUT2D eigenvalue weighted by Crippen LogP contribution is -2.21. The van der Waals surface area contributed by atoms with Gasteiger partial charge in [0.2, 0.25) is 0 Å². The number of aryl methyl sites for hydroxylation is 6. The number of benzene rings is 5. The molecule has 5 aromatic carbocycles. The van der Waals surface area contributed by atoms with Gasteiger partial charge in [-0.05, 0) is 146 Å².